The number of nitrogens with zero attached hydrogens (tertiary/aromatic N) is 1. The average molecular weight is 425 g/mol. The Hall–Kier alpha value is -3.25. The smallest absolute Gasteiger partial charge is 0.251 e. The number of rotatable bonds is 8. The van der Waals surface area contributed by atoms with E-state index in [0.29, 0.717) is 24.6 Å². The molecule has 0 radical (unpaired) electrons. The summed E-state index contributed by atoms with van der Waals surface area (Å²) >= 11 is 5.92. The Bertz CT molecular complexity index is 969. The van der Waals surface area contributed by atoms with Gasteiger partial charge in [0.05, 0.1) is 12.8 Å². The van der Waals surface area contributed by atoms with Crippen molar-refractivity contribution in [3.8, 4) is 0 Å². The van der Waals surface area contributed by atoms with Crippen LogP contribution in [0.15, 0.2) is 76.3 Å². The van der Waals surface area contributed by atoms with E-state index in [-0.39, 0.29) is 5.91 Å². The molecular formula is C23H25ClN4O2. The molecular weight excluding hydrogens is 400 g/mol. The van der Waals surface area contributed by atoms with Crippen LogP contribution in [0.4, 0.5) is 0 Å². The number of aliphatic imine (C=N–C) groups is 1. The number of carbonyl (C=O) groups excluding carboxylic acids is 1. The predicted molar refractivity (Wildman–Crippen MR) is 120 cm³/mol. The van der Waals surface area contributed by atoms with Gasteiger partial charge >= 0.3 is 0 Å². The Labute approximate surface area is 181 Å². The van der Waals surface area contributed by atoms with Crippen molar-refractivity contribution >= 4 is 23.5 Å². The standard InChI is InChI=1S/C23H25ClN4O2/c1-25-23(26-12-11-17-7-9-20(24)10-8-17)28-15-18-4-2-5-19(14-18)22(29)27-16-21-6-3-13-30-21/h2-10,13-14H,11-12,15-16H2,1H3,(H,27,29)(H2,25,26,28). The summed E-state index contributed by atoms with van der Waals surface area (Å²) in [5.74, 6) is 1.28. The van der Waals surface area contributed by atoms with Crippen molar-refractivity contribution < 1.29 is 9.21 Å². The maximum absolute atomic E-state index is 12.4. The lowest BCUT2D eigenvalue weighted by molar-refractivity contribution is 0.0948. The molecule has 0 saturated carbocycles. The molecule has 0 aliphatic heterocycles. The van der Waals surface area contributed by atoms with E-state index in [1.807, 2.05) is 48.5 Å². The summed E-state index contributed by atoms with van der Waals surface area (Å²) < 4.78 is 5.24. The molecule has 2 aromatic carbocycles. The highest BCUT2D eigenvalue weighted by Crippen LogP contribution is 2.09. The minimum Gasteiger partial charge on any atom is -0.467 e. The lowest BCUT2D eigenvalue weighted by atomic mass is 10.1. The van der Waals surface area contributed by atoms with Crippen LogP contribution in [0.3, 0.4) is 0 Å². The van der Waals surface area contributed by atoms with Gasteiger partial charge in [-0.05, 0) is 53.9 Å². The fourth-order valence-corrected chi connectivity index (χ4v) is 3.01. The second-order valence-electron chi connectivity index (χ2n) is 6.69. The largest absolute Gasteiger partial charge is 0.467 e. The van der Waals surface area contributed by atoms with Gasteiger partial charge in [-0.25, -0.2) is 0 Å². The molecule has 1 heterocycles. The first kappa shape index (κ1) is 21.5. The van der Waals surface area contributed by atoms with Crippen molar-refractivity contribution in [3.63, 3.8) is 0 Å². The zero-order valence-electron chi connectivity index (χ0n) is 16.8. The molecule has 1 amide bonds. The van der Waals surface area contributed by atoms with Crippen LogP contribution in [0.25, 0.3) is 0 Å². The molecule has 0 fully saturated rings. The molecule has 0 unspecified atom stereocenters. The summed E-state index contributed by atoms with van der Waals surface area (Å²) in [6.45, 7) is 1.66. The number of hydrogen-bond acceptors (Lipinski definition) is 3. The zero-order chi connectivity index (χ0) is 21.2. The number of guanidine groups is 1. The monoisotopic (exact) mass is 424 g/mol. The van der Waals surface area contributed by atoms with Crippen LogP contribution in [0, 0.1) is 0 Å². The molecule has 30 heavy (non-hydrogen) atoms. The van der Waals surface area contributed by atoms with Gasteiger partial charge < -0.3 is 20.4 Å². The average Bonchev–Trinajstić information content (AvgIpc) is 3.29. The molecule has 0 aliphatic carbocycles. The maximum atomic E-state index is 12.4. The van der Waals surface area contributed by atoms with E-state index in [2.05, 4.69) is 20.9 Å². The summed E-state index contributed by atoms with van der Waals surface area (Å²) in [6.07, 6.45) is 2.45. The number of furan rings is 1. The molecule has 0 spiro atoms. The first-order valence-electron chi connectivity index (χ1n) is 9.72. The summed E-state index contributed by atoms with van der Waals surface area (Å²) in [6, 6.07) is 18.9. The Morgan fingerprint density at radius 1 is 0.967 bits per heavy atom. The van der Waals surface area contributed by atoms with Gasteiger partial charge in [-0.1, -0.05) is 35.9 Å². The predicted octanol–water partition coefficient (Wildman–Crippen LogP) is 3.77. The second kappa shape index (κ2) is 11.1. The molecule has 7 heteroatoms. The lowest BCUT2D eigenvalue weighted by Crippen LogP contribution is -2.37. The maximum Gasteiger partial charge on any atom is 0.251 e. The van der Waals surface area contributed by atoms with Crippen LogP contribution < -0.4 is 16.0 Å². The molecule has 0 atom stereocenters. The molecule has 0 bridgehead atoms. The third-order valence-corrected chi connectivity index (χ3v) is 4.75. The van der Waals surface area contributed by atoms with Gasteiger partial charge in [0.2, 0.25) is 0 Å². The van der Waals surface area contributed by atoms with Crippen LogP contribution in [0.2, 0.25) is 5.02 Å². The highest BCUT2D eigenvalue weighted by Gasteiger charge is 2.07. The Kier molecular flexibility index (Phi) is 7.92. The molecule has 1 aromatic heterocycles. The van der Waals surface area contributed by atoms with Crippen molar-refractivity contribution in [2.75, 3.05) is 13.6 Å². The molecule has 0 saturated heterocycles. The zero-order valence-corrected chi connectivity index (χ0v) is 17.6. The van der Waals surface area contributed by atoms with Gasteiger partial charge in [0, 0.05) is 30.7 Å². The van der Waals surface area contributed by atoms with Crippen molar-refractivity contribution in [2.45, 2.75) is 19.5 Å². The molecule has 0 aliphatic rings. The highest BCUT2D eigenvalue weighted by molar-refractivity contribution is 6.30. The summed E-state index contributed by atoms with van der Waals surface area (Å²) in [5.41, 5.74) is 2.79. The van der Waals surface area contributed by atoms with E-state index in [4.69, 9.17) is 16.0 Å². The van der Waals surface area contributed by atoms with E-state index >= 15 is 0 Å². The normalized spacial score (nSPS) is 11.2. The molecule has 3 N–H and O–H groups in total. The second-order valence-corrected chi connectivity index (χ2v) is 7.13. The van der Waals surface area contributed by atoms with Crippen molar-refractivity contribution in [3.05, 3.63) is 94.4 Å². The number of halogens is 1. The quantitative estimate of drug-likeness (QED) is 0.380. The van der Waals surface area contributed by atoms with Gasteiger partial charge in [0.25, 0.3) is 5.91 Å². The minimum absolute atomic E-state index is 0.140. The van der Waals surface area contributed by atoms with Crippen LogP contribution in [0.1, 0.15) is 27.2 Å². The van der Waals surface area contributed by atoms with Crippen molar-refractivity contribution in [1.29, 1.82) is 0 Å². The SMILES string of the molecule is CN=C(NCCc1ccc(Cl)cc1)NCc1cccc(C(=O)NCc2ccco2)c1. The van der Waals surface area contributed by atoms with E-state index in [9.17, 15) is 4.79 Å². The number of carbonyl (C=O) groups is 1. The number of amides is 1. The molecule has 156 valence electrons. The van der Waals surface area contributed by atoms with E-state index in [0.717, 1.165) is 29.3 Å². The molecule has 3 rings (SSSR count). The molecule has 6 nitrogen and oxygen atoms in total. The fourth-order valence-electron chi connectivity index (χ4n) is 2.89. The van der Waals surface area contributed by atoms with E-state index < -0.39 is 0 Å². The van der Waals surface area contributed by atoms with E-state index in [1.54, 1.807) is 25.4 Å². The summed E-state index contributed by atoms with van der Waals surface area (Å²) in [4.78, 5) is 16.6. The molecule has 3 aromatic rings. The van der Waals surface area contributed by atoms with Gasteiger partial charge in [-0.3, -0.25) is 9.79 Å². The first-order chi connectivity index (χ1) is 14.6. The van der Waals surface area contributed by atoms with Crippen LogP contribution in [0.5, 0.6) is 0 Å². The van der Waals surface area contributed by atoms with Gasteiger partial charge in [-0.15, -0.1) is 0 Å². The Morgan fingerprint density at radius 2 is 1.80 bits per heavy atom. The number of nitrogens with one attached hydrogen (secondary N) is 3. The van der Waals surface area contributed by atoms with Gasteiger partial charge in [0.1, 0.15) is 5.76 Å². The topological polar surface area (TPSA) is 78.7 Å². The van der Waals surface area contributed by atoms with Crippen molar-refractivity contribution in [2.24, 2.45) is 4.99 Å². The van der Waals surface area contributed by atoms with Crippen molar-refractivity contribution in [1.82, 2.24) is 16.0 Å². The van der Waals surface area contributed by atoms with Crippen LogP contribution >= 0.6 is 11.6 Å². The Morgan fingerprint density at radius 3 is 2.53 bits per heavy atom. The van der Waals surface area contributed by atoms with E-state index in [1.165, 1.54) is 5.56 Å². The third-order valence-electron chi connectivity index (χ3n) is 4.50. The lowest BCUT2D eigenvalue weighted by Gasteiger charge is -2.12. The summed E-state index contributed by atoms with van der Waals surface area (Å²) in [7, 11) is 1.73. The Balaban J connectivity index is 1.46. The van der Waals surface area contributed by atoms with Gasteiger partial charge in [0.15, 0.2) is 5.96 Å². The van der Waals surface area contributed by atoms with Crippen LogP contribution in [-0.4, -0.2) is 25.5 Å². The third kappa shape index (κ3) is 6.67. The van der Waals surface area contributed by atoms with Gasteiger partial charge in [-0.2, -0.15) is 0 Å². The number of benzene rings is 2. The fraction of sp³-hybridized carbons (Fsp3) is 0.217. The van der Waals surface area contributed by atoms with Crippen LogP contribution in [-0.2, 0) is 19.5 Å². The minimum atomic E-state index is -0.140. The first-order valence-corrected chi connectivity index (χ1v) is 10.1. The highest BCUT2D eigenvalue weighted by atomic mass is 35.5. The summed E-state index contributed by atoms with van der Waals surface area (Å²) in [5, 5.41) is 10.2. The number of hydrogen-bond donors (Lipinski definition) is 3.